The van der Waals surface area contributed by atoms with Crippen LogP contribution < -0.4 is 5.32 Å². The number of nitrogens with one attached hydrogen (secondary N) is 1. The first kappa shape index (κ1) is 21.0. The van der Waals surface area contributed by atoms with Crippen molar-refractivity contribution in [2.45, 2.75) is 56.9 Å². The van der Waals surface area contributed by atoms with Crippen molar-refractivity contribution in [2.24, 2.45) is 5.92 Å². The lowest BCUT2D eigenvalue weighted by atomic mass is 9.81. The fourth-order valence-electron chi connectivity index (χ4n) is 4.47. The molecule has 1 saturated heterocycles. The number of carbonyl (C=O) groups is 1. The molecular weight excluding hydrogens is 392 g/mol. The van der Waals surface area contributed by atoms with Crippen LogP contribution in [0.2, 0.25) is 0 Å². The molecule has 5 nitrogen and oxygen atoms in total. The van der Waals surface area contributed by atoms with Crippen LogP contribution in [0.3, 0.4) is 0 Å². The number of likely N-dealkylation sites (tertiary alicyclic amines) is 1. The Balaban J connectivity index is 1.30. The van der Waals surface area contributed by atoms with Crippen LogP contribution in [0.25, 0.3) is 0 Å². The molecule has 0 aromatic carbocycles. The number of rotatable bonds is 5. The van der Waals surface area contributed by atoms with Crippen molar-refractivity contribution in [3.63, 3.8) is 0 Å². The number of nitrogens with zero attached hydrogens (tertiary/aromatic N) is 3. The van der Waals surface area contributed by atoms with Crippen LogP contribution in [-0.2, 0) is 11.2 Å². The lowest BCUT2D eigenvalue weighted by Crippen LogP contribution is -2.52. The minimum absolute atomic E-state index is 0.0940. The summed E-state index contributed by atoms with van der Waals surface area (Å²) in [7, 11) is 0. The zero-order chi connectivity index (χ0) is 20.7. The molecule has 0 atom stereocenters. The second-order valence-electron chi connectivity index (χ2n) is 8.41. The monoisotopic (exact) mass is 422 g/mol. The molecular formula is C24H30N4OS. The number of piperidine rings is 1. The molecule has 30 heavy (non-hydrogen) atoms. The Morgan fingerprint density at radius 1 is 1.17 bits per heavy atom. The SMILES string of the molecule is O=C(NC1(C#Cc2nccs2)CCCCC1)C1CCN(CCc2ccccn2)CC1. The molecule has 1 aliphatic heterocycles. The second kappa shape index (κ2) is 10.2. The van der Waals surface area contributed by atoms with E-state index >= 15 is 0 Å². The summed E-state index contributed by atoms with van der Waals surface area (Å²) in [5.74, 6) is 6.90. The molecule has 2 fully saturated rings. The quantitative estimate of drug-likeness (QED) is 0.747. The van der Waals surface area contributed by atoms with Crippen molar-refractivity contribution in [1.82, 2.24) is 20.2 Å². The van der Waals surface area contributed by atoms with Crippen molar-refractivity contribution < 1.29 is 4.79 Å². The normalized spacial score (nSPS) is 19.6. The number of hydrogen-bond donors (Lipinski definition) is 1. The number of pyridine rings is 1. The smallest absolute Gasteiger partial charge is 0.224 e. The van der Waals surface area contributed by atoms with E-state index in [4.69, 9.17) is 0 Å². The highest BCUT2D eigenvalue weighted by Crippen LogP contribution is 2.29. The Kier molecular flexibility index (Phi) is 7.14. The van der Waals surface area contributed by atoms with Crippen molar-refractivity contribution in [3.05, 3.63) is 46.7 Å². The van der Waals surface area contributed by atoms with E-state index in [1.165, 1.54) is 6.42 Å². The second-order valence-corrected chi connectivity index (χ2v) is 9.30. The van der Waals surface area contributed by atoms with Crippen molar-refractivity contribution >= 4 is 17.2 Å². The van der Waals surface area contributed by atoms with Gasteiger partial charge < -0.3 is 10.2 Å². The molecule has 1 amide bonds. The van der Waals surface area contributed by atoms with Gasteiger partial charge in [0, 0.05) is 42.4 Å². The van der Waals surface area contributed by atoms with Crippen molar-refractivity contribution in [1.29, 1.82) is 0 Å². The summed E-state index contributed by atoms with van der Waals surface area (Å²) in [5.41, 5.74) is 0.757. The van der Waals surface area contributed by atoms with Crippen LogP contribution in [-0.4, -0.2) is 45.9 Å². The van der Waals surface area contributed by atoms with Gasteiger partial charge in [0.25, 0.3) is 0 Å². The summed E-state index contributed by atoms with van der Waals surface area (Å²) in [6.45, 7) is 2.96. The van der Waals surface area contributed by atoms with Gasteiger partial charge >= 0.3 is 0 Å². The van der Waals surface area contributed by atoms with E-state index in [1.807, 2.05) is 23.7 Å². The molecule has 2 aliphatic rings. The average molecular weight is 423 g/mol. The standard InChI is InChI=1S/C24H30N4OS/c29-23(20-8-16-28(17-9-20)18-10-21-6-2-5-14-25-21)27-24(11-3-1-4-12-24)13-7-22-26-15-19-30-22/h2,5-6,14-15,19-20H,1,3-4,8-12,16-18H2,(H,27,29). The Morgan fingerprint density at radius 2 is 2.00 bits per heavy atom. The van der Waals surface area contributed by atoms with Crippen LogP contribution in [0, 0.1) is 17.8 Å². The number of thiazole rings is 1. The third-order valence-corrected chi connectivity index (χ3v) is 6.97. The predicted octanol–water partition coefficient (Wildman–Crippen LogP) is 3.66. The van der Waals surface area contributed by atoms with Gasteiger partial charge in [0.1, 0.15) is 5.54 Å². The van der Waals surface area contributed by atoms with Gasteiger partial charge in [0.05, 0.1) is 0 Å². The third kappa shape index (κ3) is 5.68. The number of amides is 1. The lowest BCUT2D eigenvalue weighted by molar-refractivity contribution is -0.128. The van der Waals surface area contributed by atoms with Crippen LogP contribution in [0.4, 0.5) is 0 Å². The van der Waals surface area contributed by atoms with Crippen LogP contribution in [0.1, 0.15) is 55.6 Å². The van der Waals surface area contributed by atoms with Gasteiger partial charge in [-0.1, -0.05) is 31.2 Å². The van der Waals surface area contributed by atoms with E-state index in [1.54, 1.807) is 17.5 Å². The maximum atomic E-state index is 13.1. The highest BCUT2D eigenvalue weighted by Gasteiger charge is 2.35. The van der Waals surface area contributed by atoms with Gasteiger partial charge in [-0.05, 0) is 56.8 Å². The third-order valence-electron chi connectivity index (χ3n) is 6.28. The summed E-state index contributed by atoms with van der Waals surface area (Å²) < 4.78 is 0. The molecule has 0 unspecified atom stereocenters. The van der Waals surface area contributed by atoms with E-state index in [0.29, 0.717) is 0 Å². The Bertz CT molecular complexity index is 858. The summed E-state index contributed by atoms with van der Waals surface area (Å²) in [6, 6.07) is 6.07. The van der Waals surface area contributed by atoms with E-state index in [0.717, 1.165) is 75.3 Å². The number of aromatic nitrogens is 2. The van der Waals surface area contributed by atoms with Crippen LogP contribution in [0.5, 0.6) is 0 Å². The zero-order valence-corrected chi connectivity index (χ0v) is 18.3. The molecule has 0 bridgehead atoms. The topological polar surface area (TPSA) is 58.1 Å². The van der Waals surface area contributed by atoms with Gasteiger partial charge in [-0.2, -0.15) is 0 Å². The molecule has 0 spiro atoms. The van der Waals surface area contributed by atoms with E-state index in [-0.39, 0.29) is 17.4 Å². The molecule has 1 N–H and O–H groups in total. The van der Waals surface area contributed by atoms with E-state index in [2.05, 4.69) is 38.1 Å². The highest BCUT2D eigenvalue weighted by molar-refractivity contribution is 7.10. The molecule has 2 aromatic heterocycles. The number of carbonyl (C=O) groups excluding carboxylic acids is 1. The zero-order valence-electron chi connectivity index (χ0n) is 17.5. The van der Waals surface area contributed by atoms with Crippen LogP contribution in [0.15, 0.2) is 36.0 Å². The molecule has 3 heterocycles. The Hall–Kier alpha value is -2.23. The molecule has 158 valence electrons. The lowest BCUT2D eigenvalue weighted by Gasteiger charge is -2.37. The van der Waals surface area contributed by atoms with Crippen LogP contribution >= 0.6 is 11.3 Å². The fourth-order valence-corrected chi connectivity index (χ4v) is 4.95. The summed E-state index contributed by atoms with van der Waals surface area (Å²) >= 11 is 1.55. The Labute approximate surface area is 183 Å². The largest absolute Gasteiger partial charge is 0.340 e. The molecule has 6 heteroatoms. The summed E-state index contributed by atoms with van der Waals surface area (Å²) in [4.78, 5) is 24.2. The highest BCUT2D eigenvalue weighted by atomic mass is 32.1. The molecule has 0 radical (unpaired) electrons. The first-order valence-corrected chi connectivity index (χ1v) is 12.0. The molecule has 1 aliphatic carbocycles. The molecule has 4 rings (SSSR count). The van der Waals surface area contributed by atoms with Gasteiger partial charge in [-0.25, -0.2) is 4.98 Å². The molecule has 2 aromatic rings. The molecule has 1 saturated carbocycles. The van der Waals surface area contributed by atoms with Crippen molar-refractivity contribution in [3.8, 4) is 11.8 Å². The average Bonchev–Trinajstić information content (AvgIpc) is 3.32. The van der Waals surface area contributed by atoms with Gasteiger partial charge in [-0.15, -0.1) is 11.3 Å². The minimum atomic E-state index is -0.378. The Morgan fingerprint density at radius 3 is 2.70 bits per heavy atom. The maximum Gasteiger partial charge on any atom is 0.224 e. The van der Waals surface area contributed by atoms with Gasteiger partial charge in [0.15, 0.2) is 5.01 Å². The first-order chi connectivity index (χ1) is 14.7. The number of hydrogen-bond acceptors (Lipinski definition) is 5. The summed E-state index contributed by atoms with van der Waals surface area (Å²) in [5, 5.41) is 6.14. The van der Waals surface area contributed by atoms with Gasteiger partial charge in [0.2, 0.25) is 5.91 Å². The van der Waals surface area contributed by atoms with Gasteiger partial charge in [-0.3, -0.25) is 9.78 Å². The van der Waals surface area contributed by atoms with E-state index in [9.17, 15) is 4.79 Å². The van der Waals surface area contributed by atoms with E-state index < -0.39 is 0 Å². The maximum absolute atomic E-state index is 13.1. The fraction of sp³-hybridized carbons (Fsp3) is 0.542. The predicted molar refractivity (Wildman–Crippen MR) is 120 cm³/mol. The minimum Gasteiger partial charge on any atom is -0.340 e. The first-order valence-electron chi connectivity index (χ1n) is 11.1. The van der Waals surface area contributed by atoms with Crippen molar-refractivity contribution in [2.75, 3.05) is 19.6 Å². The summed E-state index contributed by atoms with van der Waals surface area (Å²) in [6.07, 6.45) is 11.8.